The molecule has 0 saturated heterocycles. The molecule has 0 unspecified atom stereocenters. The number of rotatable bonds is 10. The first-order chi connectivity index (χ1) is 16.3. The molecular weight excluding hydrogens is 426 g/mol. The predicted molar refractivity (Wildman–Crippen MR) is 137 cm³/mol. The topological polar surface area (TPSA) is 77.7 Å². The normalized spacial score (nSPS) is 11.4. The SMILES string of the molecule is CCNC(=O)c1ccc(-c2cc(C(C)C)c(O)cc2O)n1Cc1ccc(CN(CC)CC)cc1. The van der Waals surface area contributed by atoms with E-state index in [1.165, 1.54) is 11.6 Å². The van der Waals surface area contributed by atoms with Crippen LogP contribution in [0.3, 0.4) is 0 Å². The number of hydrogen-bond donors (Lipinski definition) is 3. The first-order valence-corrected chi connectivity index (χ1v) is 12.1. The minimum absolute atomic E-state index is 0.0155. The van der Waals surface area contributed by atoms with Crippen molar-refractivity contribution in [2.45, 2.75) is 53.6 Å². The quantitative estimate of drug-likeness (QED) is 0.380. The Morgan fingerprint density at radius 3 is 2.18 bits per heavy atom. The Balaban J connectivity index is 2.02. The van der Waals surface area contributed by atoms with Crippen LogP contribution in [0, 0.1) is 0 Å². The molecule has 3 rings (SSSR count). The lowest BCUT2D eigenvalue weighted by Gasteiger charge is -2.19. The summed E-state index contributed by atoms with van der Waals surface area (Å²) in [5.41, 5.74) is 4.92. The Kier molecular flexibility index (Phi) is 8.40. The van der Waals surface area contributed by atoms with Gasteiger partial charge in [0, 0.05) is 31.3 Å². The van der Waals surface area contributed by atoms with Crippen molar-refractivity contribution in [2.75, 3.05) is 19.6 Å². The fourth-order valence-electron chi connectivity index (χ4n) is 4.22. The average Bonchev–Trinajstić information content (AvgIpc) is 3.21. The Bertz CT molecular complexity index is 1110. The molecule has 34 heavy (non-hydrogen) atoms. The molecule has 182 valence electrons. The number of carbonyl (C=O) groups is 1. The van der Waals surface area contributed by atoms with Gasteiger partial charge in [-0.15, -0.1) is 0 Å². The molecule has 0 bridgehead atoms. The molecule has 0 spiro atoms. The molecule has 0 fully saturated rings. The second-order valence-electron chi connectivity index (χ2n) is 8.91. The average molecular weight is 464 g/mol. The summed E-state index contributed by atoms with van der Waals surface area (Å²) in [5.74, 6) is -0.0152. The van der Waals surface area contributed by atoms with Gasteiger partial charge in [0.05, 0.1) is 5.69 Å². The van der Waals surface area contributed by atoms with E-state index in [1.807, 2.05) is 37.5 Å². The minimum atomic E-state index is -0.158. The molecule has 6 heteroatoms. The third-order valence-corrected chi connectivity index (χ3v) is 6.26. The van der Waals surface area contributed by atoms with Crippen LogP contribution in [0.1, 0.15) is 67.7 Å². The van der Waals surface area contributed by atoms with Crippen LogP contribution in [0.5, 0.6) is 11.5 Å². The van der Waals surface area contributed by atoms with E-state index in [4.69, 9.17) is 0 Å². The number of carbonyl (C=O) groups excluding carboxylic acids is 1. The standard InChI is InChI=1S/C28H37N3O3/c1-6-29-28(34)25-14-13-24(23-15-22(19(4)5)26(32)16-27(23)33)31(25)18-21-11-9-20(10-12-21)17-30(7-2)8-3/h9-16,19,32-33H,6-8,17-18H2,1-5H3,(H,29,34). The van der Waals surface area contributed by atoms with Gasteiger partial charge < -0.3 is 20.1 Å². The molecule has 1 aromatic heterocycles. The van der Waals surface area contributed by atoms with Crippen LogP contribution in [0.25, 0.3) is 11.3 Å². The number of nitrogens with zero attached hydrogens (tertiary/aromatic N) is 2. The number of benzene rings is 2. The third-order valence-electron chi connectivity index (χ3n) is 6.26. The molecule has 0 radical (unpaired) electrons. The predicted octanol–water partition coefficient (Wildman–Crippen LogP) is 5.33. The molecule has 0 aliphatic rings. The van der Waals surface area contributed by atoms with E-state index < -0.39 is 0 Å². The molecule has 0 atom stereocenters. The van der Waals surface area contributed by atoms with E-state index in [9.17, 15) is 15.0 Å². The van der Waals surface area contributed by atoms with Crippen LogP contribution in [0.2, 0.25) is 0 Å². The largest absolute Gasteiger partial charge is 0.508 e. The molecule has 3 N–H and O–H groups in total. The van der Waals surface area contributed by atoms with Crippen molar-refractivity contribution in [3.05, 3.63) is 70.9 Å². The van der Waals surface area contributed by atoms with Gasteiger partial charge >= 0.3 is 0 Å². The summed E-state index contributed by atoms with van der Waals surface area (Å²) < 4.78 is 1.93. The van der Waals surface area contributed by atoms with Gasteiger partial charge in [-0.05, 0) is 60.8 Å². The van der Waals surface area contributed by atoms with Crippen molar-refractivity contribution in [3.8, 4) is 22.8 Å². The van der Waals surface area contributed by atoms with Gasteiger partial charge in [0.25, 0.3) is 5.91 Å². The summed E-state index contributed by atoms with van der Waals surface area (Å²) in [4.78, 5) is 15.2. The zero-order valence-corrected chi connectivity index (χ0v) is 20.9. The smallest absolute Gasteiger partial charge is 0.267 e. The van der Waals surface area contributed by atoms with Gasteiger partial charge in [-0.2, -0.15) is 0 Å². The molecule has 2 aromatic carbocycles. The molecule has 0 aliphatic heterocycles. The van der Waals surface area contributed by atoms with Crippen molar-refractivity contribution in [3.63, 3.8) is 0 Å². The van der Waals surface area contributed by atoms with Crippen molar-refractivity contribution >= 4 is 5.91 Å². The van der Waals surface area contributed by atoms with E-state index in [0.717, 1.165) is 36.5 Å². The summed E-state index contributed by atoms with van der Waals surface area (Å²) in [6, 6.07) is 15.3. The molecule has 1 amide bonds. The van der Waals surface area contributed by atoms with Gasteiger partial charge in [-0.3, -0.25) is 9.69 Å². The summed E-state index contributed by atoms with van der Waals surface area (Å²) in [6.07, 6.45) is 0. The maximum absolute atomic E-state index is 12.8. The lowest BCUT2D eigenvalue weighted by atomic mass is 9.97. The minimum Gasteiger partial charge on any atom is -0.508 e. The molecular formula is C28H37N3O3. The Hall–Kier alpha value is -3.25. The van der Waals surface area contributed by atoms with Gasteiger partial charge in [0.2, 0.25) is 0 Å². The number of amides is 1. The van der Waals surface area contributed by atoms with Crippen molar-refractivity contribution in [1.82, 2.24) is 14.8 Å². The van der Waals surface area contributed by atoms with Crippen LogP contribution < -0.4 is 5.32 Å². The van der Waals surface area contributed by atoms with Gasteiger partial charge in [0.15, 0.2) is 0 Å². The van der Waals surface area contributed by atoms with Crippen LogP contribution in [0.15, 0.2) is 48.5 Å². The lowest BCUT2D eigenvalue weighted by Crippen LogP contribution is -2.26. The Morgan fingerprint density at radius 1 is 0.941 bits per heavy atom. The van der Waals surface area contributed by atoms with Gasteiger partial charge in [0.1, 0.15) is 17.2 Å². The second kappa shape index (κ2) is 11.3. The Labute approximate surface area is 202 Å². The summed E-state index contributed by atoms with van der Waals surface area (Å²) in [6.45, 7) is 14.1. The maximum atomic E-state index is 12.8. The lowest BCUT2D eigenvalue weighted by molar-refractivity contribution is 0.0947. The number of aromatic nitrogens is 1. The summed E-state index contributed by atoms with van der Waals surface area (Å²) >= 11 is 0. The first-order valence-electron chi connectivity index (χ1n) is 12.1. The number of hydrogen-bond acceptors (Lipinski definition) is 4. The molecule has 1 heterocycles. The van der Waals surface area contributed by atoms with E-state index in [0.29, 0.717) is 24.3 Å². The van der Waals surface area contributed by atoms with Crippen molar-refractivity contribution in [1.29, 1.82) is 0 Å². The van der Waals surface area contributed by atoms with E-state index in [2.05, 4.69) is 48.3 Å². The molecule has 6 nitrogen and oxygen atoms in total. The number of phenols is 2. The highest BCUT2D eigenvalue weighted by Gasteiger charge is 2.20. The second-order valence-corrected chi connectivity index (χ2v) is 8.91. The highest BCUT2D eigenvalue weighted by molar-refractivity contribution is 5.94. The molecule has 3 aromatic rings. The summed E-state index contributed by atoms with van der Waals surface area (Å²) in [5, 5.41) is 23.9. The first kappa shape index (κ1) is 25.4. The van der Waals surface area contributed by atoms with E-state index in [-0.39, 0.29) is 23.3 Å². The van der Waals surface area contributed by atoms with Crippen molar-refractivity contribution in [2.24, 2.45) is 0 Å². The Morgan fingerprint density at radius 2 is 1.59 bits per heavy atom. The third kappa shape index (κ3) is 5.62. The number of nitrogens with one attached hydrogen (secondary N) is 1. The number of phenolic OH excluding ortho intramolecular Hbond substituents is 2. The zero-order valence-electron chi connectivity index (χ0n) is 20.9. The van der Waals surface area contributed by atoms with Crippen molar-refractivity contribution < 1.29 is 15.0 Å². The monoisotopic (exact) mass is 463 g/mol. The van der Waals surface area contributed by atoms with Crippen LogP contribution in [-0.4, -0.2) is 45.2 Å². The number of aromatic hydroxyl groups is 2. The van der Waals surface area contributed by atoms with Crippen LogP contribution >= 0.6 is 0 Å². The fraction of sp³-hybridized carbons (Fsp3) is 0.393. The van der Waals surface area contributed by atoms with Gasteiger partial charge in [-0.25, -0.2) is 0 Å². The zero-order chi connectivity index (χ0) is 24.8. The molecule has 0 aliphatic carbocycles. The van der Waals surface area contributed by atoms with Crippen LogP contribution in [-0.2, 0) is 13.1 Å². The summed E-state index contributed by atoms with van der Waals surface area (Å²) in [7, 11) is 0. The fourth-order valence-corrected chi connectivity index (χ4v) is 4.22. The van der Waals surface area contributed by atoms with Crippen LogP contribution in [0.4, 0.5) is 0 Å². The highest BCUT2D eigenvalue weighted by Crippen LogP contribution is 2.38. The maximum Gasteiger partial charge on any atom is 0.267 e. The molecule has 0 saturated carbocycles. The highest BCUT2D eigenvalue weighted by atomic mass is 16.3. The van der Waals surface area contributed by atoms with Gasteiger partial charge in [-0.1, -0.05) is 52.0 Å². The van der Waals surface area contributed by atoms with E-state index >= 15 is 0 Å². The van der Waals surface area contributed by atoms with E-state index in [1.54, 1.807) is 6.07 Å².